The standard InChI is InChI=1S/C16H22N2O2S/c1-12(18-20-16(19)14-9-5-6-10-14)15(17)21-11-13-7-3-2-4-8-13/h2-4,7-8,12,14,17-18H,5-6,9-11H2,1H3. The number of carbonyl (C=O) groups excluding carboxylic acids is 1. The summed E-state index contributed by atoms with van der Waals surface area (Å²) in [6.45, 7) is 1.84. The Morgan fingerprint density at radius 2 is 2.05 bits per heavy atom. The number of thioether (sulfide) groups is 1. The van der Waals surface area contributed by atoms with E-state index in [4.69, 9.17) is 10.2 Å². The average Bonchev–Trinajstić information content (AvgIpc) is 3.05. The van der Waals surface area contributed by atoms with E-state index in [-0.39, 0.29) is 17.9 Å². The number of rotatable bonds is 6. The van der Waals surface area contributed by atoms with Crippen molar-refractivity contribution in [1.82, 2.24) is 5.48 Å². The highest BCUT2D eigenvalue weighted by Crippen LogP contribution is 2.25. The molecule has 0 radical (unpaired) electrons. The van der Waals surface area contributed by atoms with Crippen LogP contribution < -0.4 is 5.48 Å². The quantitative estimate of drug-likeness (QED) is 0.479. The van der Waals surface area contributed by atoms with Gasteiger partial charge in [-0.25, -0.2) is 0 Å². The molecule has 0 bridgehead atoms. The molecular weight excluding hydrogens is 284 g/mol. The van der Waals surface area contributed by atoms with Gasteiger partial charge in [0.1, 0.15) is 0 Å². The first-order valence-corrected chi connectivity index (χ1v) is 8.36. The maximum absolute atomic E-state index is 11.8. The van der Waals surface area contributed by atoms with E-state index in [1.165, 1.54) is 17.3 Å². The van der Waals surface area contributed by atoms with Crippen LogP contribution in [0.25, 0.3) is 0 Å². The lowest BCUT2D eigenvalue weighted by Gasteiger charge is -2.16. The highest BCUT2D eigenvalue weighted by atomic mass is 32.2. The van der Waals surface area contributed by atoms with Gasteiger partial charge in [0, 0.05) is 5.75 Å². The molecule has 1 atom stereocenters. The summed E-state index contributed by atoms with van der Waals surface area (Å²) in [5, 5.41) is 8.48. The minimum atomic E-state index is -0.274. The number of hydrogen-bond donors (Lipinski definition) is 2. The van der Waals surface area contributed by atoms with Gasteiger partial charge in [0.2, 0.25) is 0 Å². The molecule has 1 aromatic rings. The van der Waals surface area contributed by atoms with Gasteiger partial charge in [0.25, 0.3) is 0 Å². The van der Waals surface area contributed by atoms with Gasteiger partial charge in [-0.1, -0.05) is 43.2 Å². The van der Waals surface area contributed by atoms with Gasteiger partial charge < -0.3 is 4.84 Å². The van der Waals surface area contributed by atoms with E-state index < -0.39 is 0 Å². The van der Waals surface area contributed by atoms with Crippen molar-refractivity contribution in [1.29, 1.82) is 5.41 Å². The first-order chi connectivity index (χ1) is 10.2. The molecule has 5 heteroatoms. The number of benzene rings is 1. The second kappa shape index (κ2) is 8.20. The Kier molecular flexibility index (Phi) is 6.26. The molecule has 0 saturated heterocycles. The van der Waals surface area contributed by atoms with Crippen LogP contribution in [0.3, 0.4) is 0 Å². The molecule has 1 saturated carbocycles. The Hall–Kier alpha value is -1.33. The van der Waals surface area contributed by atoms with Crippen LogP contribution in [0.1, 0.15) is 38.2 Å². The summed E-state index contributed by atoms with van der Waals surface area (Å²) in [5.74, 6) is 0.610. The monoisotopic (exact) mass is 306 g/mol. The fourth-order valence-electron chi connectivity index (χ4n) is 2.31. The van der Waals surface area contributed by atoms with Crippen molar-refractivity contribution < 1.29 is 9.63 Å². The molecule has 1 unspecified atom stereocenters. The van der Waals surface area contributed by atoms with Crippen molar-refractivity contribution in [3.8, 4) is 0 Å². The zero-order valence-electron chi connectivity index (χ0n) is 12.3. The lowest BCUT2D eigenvalue weighted by Crippen LogP contribution is -2.35. The summed E-state index contributed by atoms with van der Waals surface area (Å²) in [6.07, 6.45) is 4.07. The van der Waals surface area contributed by atoms with Crippen LogP contribution in [-0.2, 0) is 15.4 Å². The lowest BCUT2D eigenvalue weighted by atomic mass is 10.1. The summed E-state index contributed by atoms with van der Waals surface area (Å²) >= 11 is 1.45. The predicted octanol–water partition coefficient (Wildman–Crippen LogP) is 3.52. The Morgan fingerprint density at radius 1 is 1.38 bits per heavy atom. The van der Waals surface area contributed by atoms with Gasteiger partial charge in [0.05, 0.1) is 17.0 Å². The van der Waals surface area contributed by atoms with Gasteiger partial charge in [-0.15, -0.1) is 17.2 Å². The van der Waals surface area contributed by atoms with Crippen LogP contribution in [0.4, 0.5) is 0 Å². The number of carbonyl (C=O) groups is 1. The molecule has 4 nitrogen and oxygen atoms in total. The SMILES string of the molecule is CC(NOC(=O)C1CCCC1)C(=N)SCc1ccccc1. The van der Waals surface area contributed by atoms with E-state index in [9.17, 15) is 4.79 Å². The van der Waals surface area contributed by atoms with E-state index in [2.05, 4.69) is 5.48 Å². The molecular formula is C16H22N2O2S. The Balaban J connectivity index is 1.68. The summed E-state index contributed by atoms with van der Waals surface area (Å²) in [5.41, 5.74) is 3.88. The maximum atomic E-state index is 11.8. The van der Waals surface area contributed by atoms with Crippen LogP contribution in [0.2, 0.25) is 0 Å². The van der Waals surface area contributed by atoms with E-state index in [1.54, 1.807) is 0 Å². The Morgan fingerprint density at radius 3 is 2.71 bits per heavy atom. The van der Waals surface area contributed by atoms with Crippen LogP contribution in [0.15, 0.2) is 30.3 Å². The molecule has 2 N–H and O–H groups in total. The smallest absolute Gasteiger partial charge is 0.327 e. The van der Waals surface area contributed by atoms with E-state index >= 15 is 0 Å². The second-order valence-corrected chi connectivity index (χ2v) is 6.40. The maximum Gasteiger partial charge on any atom is 0.327 e. The topological polar surface area (TPSA) is 62.2 Å². The molecule has 0 aromatic heterocycles. The zero-order chi connectivity index (χ0) is 15.1. The molecule has 114 valence electrons. The first kappa shape index (κ1) is 16.0. The first-order valence-electron chi connectivity index (χ1n) is 7.38. The van der Waals surface area contributed by atoms with Gasteiger partial charge in [-0.3, -0.25) is 10.2 Å². The minimum Gasteiger partial charge on any atom is -0.370 e. The van der Waals surface area contributed by atoms with E-state index in [0.29, 0.717) is 5.04 Å². The van der Waals surface area contributed by atoms with Crippen LogP contribution >= 0.6 is 11.8 Å². The van der Waals surface area contributed by atoms with Gasteiger partial charge in [-0.2, -0.15) is 0 Å². The fourth-order valence-corrected chi connectivity index (χ4v) is 3.12. The molecule has 0 aliphatic heterocycles. The zero-order valence-corrected chi connectivity index (χ0v) is 13.1. The van der Waals surface area contributed by atoms with Gasteiger partial charge in [-0.05, 0) is 25.3 Å². The minimum absolute atomic E-state index is 0.0378. The van der Waals surface area contributed by atoms with Crippen molar-refractivity contribution in [2.75, 3.05) is 0 Å². The molecule has 0 amide bonds. The fraction of sp³-hybridized carbons (Fsp3) is 0.500. The molecule has 1 aliphatic carbocycles. The van der Waals surface area contributed by atoms with Gasteiger partial charge in [0.15, 0.2) is 0 Å². The third kappa shape index (κ3) is 5.17. The largest absolute Gasteiger partial charge is 0.370 e. The Bertz CT molecular complexity index is 472. The summed E-state index contributed by atoms with van der Waals surface area (Å²) < 4.78 is 0. The summed E-state index contributed by atoms with van der Waals surface area (Å²) in [6, 6.07) is 9.77. The average molecular weight is 306 g/mol. The van der Waals surface area contributed by atoms with Crippen LogP contribution in [-0.4, -0.2) is 17.1 Å². The second-order valence-electron chi connectivity index (χ2n) is 5.38. The molecule has 0 spiro atoms. The third-order valence-electron chi connectivity index (χ3n) is 3.66. The summed E-state index contributed by atoms with van der Waals surface area (Å²) in [7, 11) is 0. The van der Waals surface area contributed by atoms with Crippen molar-refractivity contribution in [2.45, 2.75) is 44.4 Å². The Labute approximate surface area is 130 Å². The highest BCUT2D eigenvalue weighted by molar-refractivity contribution is 8.13. The molecule has 21 heavy (non-hydrogen) atoms. The predicted molar refractivity (Wildman–Crippen MR) is 86.1 cm³/mol. The molecule has 1 fully saturated rings. The number of hydrogen-bond acceptors (Lipinski definition) is 5. The van der Waals surface area contributed by atoms with Crippen molar-refractivity contribution in [3.05, 3.63) is 35.9 Å². The number of nitrogens with one attached hydrogen (secondary N) is 2. The normalized spacial score (nSPS) is 16.6. The van der Waals surface area contributed by atoms with Gasteiger partial charge >= 0.3 is 5.97 Å². The molecule has 0 heterocycles. The van der Waals surface area contributed by atoms with Crippen LogP contribution in [0, 0.1) is 11.3 Å². The van der Waals surface area contributed by atoms with Crippen molar-refractivity contribution in [2.24, 2.45) is 5.92 Å². The molecule has 1 aromatic carbocycles. The lowest BCUT2D eigenvalue weighted by molar-refractivity contribution is -0.156. The summed E-state index contributed by atoms with van der Waals surface area (Å²) in [4.78, 5) is 16.9. The third-order valence-corrected chi connectivity index (χ3v) is 4.80. The van der Waals surface area contributed by atoms with E-state index in [0.717, 1.165) is 31.4 Å². The molecule has 1 aliphatic rings. The van der Waals surface area contributed by atoms with Crippen LogP contribution in [0.5, 0.6) is 0 Å². The highest BCUT2D eigenvalue weighted by Gasteiger charge is 2.25. The number of hydroxylamine groups is 1. The van der Waals surface area contributed by atoms with E-state index in [1.807, 2.05) is 37.3 Å². The molecule has 2 rings (SSSR count). The van der Waals surface area contributed by atoms with Crippen molar-refractivity contribution >= 4 is 22.8 Å². The van der Waals surface area contributed by atoms with Crippen molar-refractivity contribution in [3.63, 3.8) is 0 Å².